The lowest BCUT2D eigenvalue weighted by atomic mass is 10.1. The molecule has 1 aromatic heterocycles. The molecule has 0 saturated carbocycles. The SMILES string of the molecule is COC(=O)CN(C)C(=O)c1ccc2nc(Cl)n(C)c2c1. The highest BCUT2D eigenvalue weighted by molar-refractivity contribution is 6.29. The molecule has 1 aromatic carbocycles. The van der Waals surface area contributed by atoms with Gasteiger partial charge in [0.25, 0.3) is 5.91 Å². The van der Waals surface area contributed by atoms with E-state index in [4.69, 9.17) is 11.6 Å². The Labute approximate surface area is 120 Å². The molecule has 0 spiro atoms. The number of esters is 1. The van der Waals surface area contributed by atoms with Gasteiger partial charge in [-0.1, -0.05) is 0 Å². The number of amides is 1. The van der Waals surface area contributed by atoms with Gasteiger partial charge in [0.2, 0.25) is 5.28 Å². The smallest absolute Gasteiger partial charge is 0.325 e. The van der Waals surface area contributed by atoms with Crippen molar-refractivity contribution in [1.29, 1.82) is 0 Å². The topological polar surface area (TPSA) is 64.4 Å². The Hall–Kier alpha value is -2.08. The first-order chi connectivity index (χ1) is 9.43. The van der Waals surface area contributed by atoms with Gasteiger partial charge in [-0.25, -0.2) is 4.98 Å². The van der Waals surface area contributed by atoms with Crippen molar-refractivity contribution in [3.05, 3.63) is 29.0 Å². The van der Waals surface area contributed by atoms with Crippen LogP contribution in [0.15, 0.2) is 18.2 Å². The van der Waals surface area contributed by atoms with Crippen molar-refractivity contribution in [2.24, 2.45) is 7.05 Å². The molecule has 0 bridgehead atoms. The maximum absolute atomic E-state index is 12.2. The van der Waals surface area contributed by atoms with E-state index in [1.807, 2.05) is 0 Å². The molecule has 0 aliphatic carbocycles. The number of rotatable bonds is 3. The molecule has 0 fully saturated rings. The number of imidazole rings is 1. The van der Waals surface area contributed by atoms with Crippen LogP contribution in [0.25, 0.3) is 11.0 Å². The van der Waals surface area contributed by atoms with Crippen LogP contribution in [0.2, 0.25) is 5.28 Å². The first-order valence-electron chi connectivity index (χ1n) is 5.88. The minimum atomic E-state index is -0.467. The molecule has 0 radical (unpaired) electrons. The third-order valence-electron chi connectivity index (χ3n) is 3.01. The van der Waals surface area contributed by atoms with Crippen molar-refractivity contribution >= 4 is 34.5 Å². The Kier molecular flexibility index (Phi) is 3.94. The van der Waals surface area contributed by atoms with Gasteiger partial charge in [-0.05, 0) is 29.8 Å². The number of aryl methyl sites for hydroxylation is 1. The van der Waals surface area contributed by atoms with Crippen LogP contribution in [0.5, 0.6) is 0 Å². The lowest BCUT2D eigenvalue weighted by Crippen LogP contribution is -2.32. The van der Waals surface area contributed by atoms with Gasteiger partial charge in [0.1, 0.15) is 6.54 Å². The summed E-state index contributed by atoms with van der Waals surface area (Å²) >= 11 is 5.93. The molecule has 1 heterocycles. The fraction of sp³-hybridized carbons (Fsp3) is 0.308. The Bertz CT molecular complexity index is 681. The molecule has 0 unspecified atom stereocenters. The third kappa shape index (κ3) is 2.60. The average molecular weight is 296 g/mol. The number of nitrogens with zero attached hydrogens (tertiary/aromatic N) is 3. The molecule has 0 N–H and O–H groups in total. The van der Waals surface area contributed by atoms with Crippen LogP contribution in [0, 0.1) is 0 Å². The molecule has 106 valence electrons. The lowest BCUT2D eigenvalue weighted by Gasteiger charge is -2.15. The first-order valence-corrected chi connectivity index (χ1v) is 6.26. The summed E-state index contributed by atoms with van der Waals surface area (Å²) in [5, 5.41) is 0.354. The molecule has 7 heteroatoms. The Balaban J connectivity index is 2.30. The zero-order valence-corrected chi connectivity index (χ0v) is 12.1. The summed E-state index contributed by atoms with van der Waals surface area (Å²) in [5.74, 6) is -0.736. The van der Waals surface area contributed by atoms with Crippen LogP contribution in [-0.4, -0.2) is 47.0 Å². The fourth-order valence-electron chi connectivity index (χ4n) is 1.84. The largest absolute Gasteiger partial charge is 0.468 e. The summed E-state index contributed by atoms with van der Waals surface area (Å²) in [5.41, 5.74) is 1.93. The van der Waals surface area contributed by atoms with Crippen molar-refractivity contribution < 1.29 is 14.3 Å². The number of likely N-dealkylation sites (N-methyl/N-ethyl adjacent to an activating group) is 1. The molecule has 0 aliphatic heterocycles. The lowest BCUT2D eigenvalue weighted by molar-refractivity contribution is -0.141. The highest BCUT2D eigenvalue weighted by Gasteiger charge is 2.16. The maximum Gasteiger partial charge on any atom is 0.325 e. The van der Waals surface area contributed by atoms with Crippen molar-refractivity contribution in [3.8, 4) is 0 Å². The first kappa shape index (κ1) is 14.3. The minimum Gasteiger partial charge on any atom is -0.468 e. The number of fused-ring (bicyclic) bond motifs is 1. The Morgan fingerprint density at radius 2 is 2.15 bits per heavy atom. The van der Waals surface area contributed by atoms with Gasteiger partial charge in [-0.3, -0.25) is 9.59 Å². The van der Waals surface area contributed by atoms with E-state index >= 15 is 0 Å². The summed E-state index contributed by atoms with van der Waals surface area (Å²) in [6, 6.07) is 5.08. The van der Waals surface area contributed by atoms with Gasteiger partial charge >= 0.3 is 5.97 Å². The van der Waals surface area contributed by atoms with Crippen molar-refractivity contribution in [2.75, 3.05) is 20.7 Å². The van der Waals surface area contributed by atoms with E-state index in [1.54, 1.807) is 36.9 Å². The van der Waals surface area contributed by atoms with E-state index in [9.17, 15) is 9.59 Å². The van der Waals surface area contributed by atoms with Crippen LogP contribution < -0.4 is 0 Å². The Morgan fingerprint density at radius 3 is 2.80 bits per heavy atom. The molecular formula is C13H14ClN3O3. The predicted octanol–water partition coefficient (Wildman–Crippen LogP) is 1.47. The van der Waals surface area contributed by atoms with Gasteiger partial charge in [-0.2, -0.15) is 0 Å². The van der Waals surface area contributed by atoms with E-state index in [2.05, 4.69) is 9.72 Å². The monoisotopic (exact) mass is 295 g/mol. The third-order valence-corrected chi connectivity index (χ3v) is 3.35. The molecule has 0 saturated heterocycles. The number of halogens is 1. The molecule has 6 nitrogen and oxygen atoms in total. The summed E-state index contributed by atoms with van der Waals surface area (Å²) in [6.45, 7) is -0.0977. The summed E-state index contributed by atoms with van der Waals surface area (Å²) < 4.78 is 6.22. The second-order valence-corrected chi connectivity index (χ2v) is 4.72. The van der Waals surface area contributed by atoms with E-state index in [-0.39, 0.29) is 12.5 Å². The van der Waals surface area contributed by atoms with Gasteiger partial charge in [0.05, 0.1) is 18.1 Å². The van der Waals surface area contributed by atoms with Crippen LogP contribution in [0.4, 0.5) is 0 Å². The average Bonchev–Trinajstić information content (AvgIpc) is 2.72. The van der Waals surface area contributed by atoms with E-state index in [0.29, 0.717) is 16.4 Å². The molecular weight excluding hydrogens is 282 g/mol. The minimum absolute atomic E-state index is 0.0977. The number of hydrogen-bond acceptors (Lipinski definition) is 4. The summed E-state index contributed by atoms with van der Waals surface area (Å²) in [7, 11) is 4.59. The number of carbonyl (C=O) groups excluding carboxylic acids is 2. The molecule has 2 aromatic rings. The van der Waals surface area contributed by atoms with Crippen molar-refractivity contribution in [2.45, 2.75) is 0 Å². The molecule has 20 heavy (non-hydrogen) atoms. The Morgan fingerprint density at radius 1 is 1.45 bits per heavy atom. The maximum atomic E-state index is 12.2. The van der Waals surface area contributed by atoms with Gasteiger partial charge in [0, 0.05) is 19.7 Å². The fourth-order valence-corrected chi connectivity index (χ4v) is 2.03. The van der Waals surface area contributed by atoms with Gasteiger partial charge < -0.3 is 14.2 Å². The number of aromatic nitrogens is 2. The van der Waals surface area contributed by atoms with E-state index < -0.39 is 5.97 Å². The quantitative estimate of drug-likeness (QED) is 0.805. The number of carbonyl (C=O) groups is 2. The van der Waals surface area contributed by atoms with Crippen LogP contribution in [-0.2, 0) is 16.6 Å². The molecule has 0 atom stereocenters. The highest BCUT2D eigenvalue weighted by atomic mass is 35.5. The predicted molar refractivity (Wildman–Crippen MR) is 74.7 cm³/mol. The van der Waals surface area contributed by atoms with E-state index in [1.165, 1.54) is 12.0 Å². The summed E-state index contributed by atoms with van der Waals surface area (Å²) in [6.07, 6.45) is 0. The van der Waals surface area contributed by atoms with Gasteiger partial charge in [0.15, 0.2) is 0 Å². The van der Waals surface area contributed by atoms with Gasteiger partial charge in [-0.15, -0.1) is 0 Å². The number of hydrogen-bond donors (Lipinski definition) is 0. The van der Waals surface area contributed by atoms with Crippen LogP contribution in [0.1, 0.15) is 10.4 Å². The number of ether oxygens (including phenoxy) is 1. The molecule has 2 rings (SSSR count). The van der Waals surface area contributed by atoms with Crippen molar-refractivity contribution in [3.63, 3.8) is 0 Å². The standard InChI is InChI=1S/C13H14ClN3O3/c1-16(7-11(18)20-3)12(19)8-4-5-9-10(6-8)17(2)13(14)15-9/h4-6H,7H2,1-3H3. The van der Waals surface area contributed by atoms with Crippen LogP contribution >= 0.6 is 11.6 Å². The highest BCUT2D eigenvalue weighted by Crippen LogP contribution is 2.20. The van der Waals surface area contributed by atoms with E-state index in [0.717, 1.165) is 5.52 Å². The molecule has 1 amide bonds. The van der Waals surface area contributed by atoms with Crippen LogP contribution in [0.3, 0.4) is 0 Å². The van der Waals surface area contributed by atoms with Crippen molar-refractivity contribution in [1.82, 2.24) is 14.5 Å². The number of methoxy groups -OCH3 is 1. The zero-order valence-electron chi connectivity index (χ0n) is 11.4. The molecule has 0 aliphatic rings. The normalized spacial score (nSPS) is 10.6. The number of benzene rings is 1. The second kappa shape index (κ2) is 5.50. The summed E-state index contributed by atoms with van der Waals surface area (Å²) in [4.78, 5) is 28.8. The second-order valence-electron chi connectivity index (χ2n) is 4.38. The zero-order chi connectivity index (χ0) is 14.9.